The fraction of sp³-hybridized carbons (Fsp3) is 0.500. The summed E-state index contributed by atoms with van der Waals surface area (Å²) in [5, 5.41) is 8.55. The number of rotatable bonds is 3. The number of halogens is 2. The number of fused-ring (bicyclic) bond motifs is 5. The number of piperidine rings is 1. The normalized spacial score (nSPS) is 22.0. The third-order valence-corrected chi connectivity index (χ3v) is 6.07. The third-order valence-electron chi connectivity index (χ3n) is 6.07. The van der Waals surface area contributed by atoms with E-state index in [0.717, 1.165) is 35.3 Å². The van der Waals surface area contributed by atoms with Crippen LogP contribution >= 0.6 is 0 Å². The topological polar surface area (TPSA) is 71.6 Å². The van der Waals surface area contributed by atoms with Gasteiger partial charge in [0.05, 0.1) is 6.20 Å². The molecule has 2 unspecified atom stereocenters. The first-order valence-corrected chi connectivity index (χ1v) is 10.1. The Morgan fingerprint density at radius 2 is 1.97 bits per heavy atom. The van der Waals surface area contributed by atoms with E-state index in [0.29, 0.717) is 26.6 Å². The molecule has 10 heteroatoms. The van der Waals surface area contributed by atoms with Crippen molar-refractivity contribution in [2.45, 2.75) is 31.7 Å². The summed E-state index contributed by atoms with van der Waals surface area (Å²) in [5.74, 6) is -3.53. The van der Waals surface area contributed by atoms with E-state index in [2.05, 4.69) is 20.1 Å². The second-order valence-electron chi connectivity index (χ2n) is 8.39. The highest BCUT2D eigenvalue weighted by Gasteiger charge is 2.44. The summed E-state index contributed by atoms with van der Waals surface area (Å²) in [6, 6.07) is 1.77. The fourth-order valence-electron chi connectivity index (χ4n) is 4.64. The van der Waals surface area contributed by atoms with Crippen LogP contribution in [0.5, 0.6) is 0 Å². The molecule has 8 nitrogen and oxygen atoms in total. The van der Waals surface area contributed by atoms with E-state index in [1.807, 2.05) is 25.5 Å². The molecule has 0 aromatic carbocycles. The Kier molecular flexibility index (Phi) is 4.26. The van der Waals surface area contributed by atoms with E-state index in [1.165, 1.54) is 11.2 Å². The summed E-state index contributed by atoms with van der Waals surface area (Å²) in [5.41, 5.74) is 2.80. The predicted molar refractivity (Wildman–Crippen MR) is 106 cm³/mol. The molecule has 3 aromatic rings. The van der Waals surface area contributed by atoms with Crippen molar-refractivity contribution in [1.29, 1.82) is 0 Å². The molecule has 0 N–H and O–H groups in total. The minimum atomic E-state index is -3.35. The fourth-order valence-corrected chi connectivity index (χ4v) is 4.64. The highest BCUT2D eigenvalue weighted by atomic mass is 19.3. The van der Waals surface area contributed by atoms with Gasteiger partial charge in [0.25, 0.3) is 5.91 Å². The molecule has 0 radical (unpaired) electrons. The lowest BCUT2D eigenvalue weighted by molar-refractivity contribution is -0.159. The second kappa shape index (κ2) is 6.75. The Balaban J connectivity index is 1.49. The van der Waals surface area contributed by atoms with Crippen LogP contribution in [0.25, 0.3) is 16.6 Å². The molecule has 0 saturated carbocycles. The van der Waals surface area contributed by atoms with Crippen molar-refractivity contribution in [1.82, 2.24) is 29.3 Å². The predicted octanol–water partition coefficient (Wildman–Crippen LogP) is 2.21. The molecule has 3 saturated heterocycles. The smallest absolute Gasteiger partial charge is 0.322 e. The molecule has 6 rings (SSSR count). The van der Waals surface area contributed by atoms with E-state index in [4.69, 9.17) is 0 Å². The average Bonchev–Trinajstić information content (AvgIpc) is 3.22. The number of carbonyl (C=O) groups excluding carboxylic acids is 1. The SMILES string of the molecule is Cn1cc(-c2cc3c(N4CC5CCC(C4)N(C(=O)C(C)(F)F)C5)ncnn3c2)cn1. The van der Waals surface area contributed by atoms with Crippen molar-refractivity contribution >= 4 is 17.2 Å². The first-order valence-electron chi connectivity index (χ1n) is 10.1. The van der Waals surface area contributed by atoms with Crippen LogP contribution in [0.2, 0.25) is 0 Å². The summed E-state index contributed by atoms with van der Waals surface area (Å²) in [7, 11) is 1.87. The highest BCUT2D eigenvalue weighted by molar-refractivity contribution is 5.84. The molecule has 158 valence electrons. The number of aromatic nitrogens is 5. The zero-order valence-corrected chi connectivity index (χ0v) is 16.9. The number of hydrogen-bond acceptors (Lipinski definition) is 5. The van der Waals surface area contributed by atoms with Crippen LogP contribution in [-0.2, 0) is 11.8 Å². The Morgan fingerprint density at radius 3 is 2.70 bits per heavy atom. The molecule has 2 atom stereocenters. The molecular formula is C20H23F2N7O. The maximum atomic E-state index is 13.7. The molecule has 3 aliphatic heterocycles. The summed E-state index contributed by atoms with van der Waals surface area (Å²) in [6.07, 6.45) is 8.81. The quantitative estimate of drug-likeness (QED) is 0.656. The zero-order valence-electron chi connectivity index (χ0n) is 16.9. The van der Waals surface area contributed by atoms with E-state index in [-0.39, 0.29) is 12.0 Å². The van der Waals surface area contributed by atoms with Crippen LogP contribution in [0, 0.1) is 5.92 Å². The first kappa shape index (κ1) is 19.0. The minimum Gasteiger partial charge on any atom is -0.352 e. The van der Waals surface area contributed by atoms with E-state index in [9.17, 15) is 13.6 Å². The van der Waals surface area contributed by atoms with Gasteiger partial charge in [-0.25, -0.2) is 9.50 Å². The molecule has 3 aliphatic rings. The molecular weight excluding hydrogens is 392 g/mol. The summed E-state index contributed by atoms with van der Waals surface area (Å²) < 4.78 is 31.0. The van der Waals surface area contributed by atoms with Gasteiger partial charge in [0.1, 0.15) is 11.8 Å². The van der Waals surface area contributed by atoms with Crippen LogP contribution < -0.4 is 4.90 Å². The van der Waals surface area contributed by atoms with Gasteiger partial charge < -0.3 is 9.80 Å². The molecule has 2 bridgehead atoms. The number of aryl methyl sites for hydroxylation is 1. The Morgan fingerprint density at radius 1 is 1.13 bits per heavy atom. The number of hydrogen-bond donors (Lipinski definition) is 0. The molecule has 6 heterocycles. The van der Waals surface area contributed by atoms with Crippen LogP contribution in [0.1, 0.15) is 19.8 Å². The molecule has 0 spiro atoms. The van der Waals surface area contributed by atoms with Crippen molar-refractivity contribution < 1.29 is 13.6 Å². The molecule has 3 aromatic heterocycles. The van der Waals surface area contributed by atoms with Crippen LogP contribution in [0.3, 0.4) is 0 Å². The monoisotopic (exact) mass is 415 g/mol. The number of nitrogens with zero attached hydrogens (tertiary/aromatic N) is 7. The van der Waals surface area contributed by atoms with Gasteiger partial charge in [-0.1, -0.05) is 0 Å². The van der Waals surface area contributed by atoms with E-state index in [1.54, 1.807) is 15.4 Å². The van der Waals surface area contributed by atoms with Gasteiger partial charge in [0.15, 0.2) is 5.82 Å². The first-order chi connectivity index (χ1) is 14.3. The summed E-state index contributed by atoms with van der Waals surface area (Å²) in [4.78, 5) is 20.3. The summed E-state index contributed by atoms with van der Waals surface area (Å²) in [6.45, 7) is 2.21. The standard InChI is InChI=1S/C20H23F2N7O/c1-20(21,22)19(30)28-8-13-3-4-16(28)11-27(7-13)18-17-5-14(10-29(17)25-12-23-18)15-6-24-26(2)9-15/h5-6,9-10,12-13,16H,3-4,7-8,11H2,1-2H3. The lowest BCUT2D eigenvalue weighted by atomic mass is 9.94. The number of amides is 1. The third kappa shape index (κ3) is 3.20. The van der Waals surface area contributed by atoms with Gasteiger partial charge in [-0.2, -0.15) is 19.0 Å². The van der Waals surface area contributed by atoms with Gasteiger partial charge in [-0.15, -0.1) is 0 Å². The number of anilines is 1. The van der Waals surface area contributed by atoms with E-state index < -0.39 is 11.8 Å². The van der Waals surface area contributed by atoms with E-state index >= 15 is 0 Å². The zero-order chi connectivity index (χ0) is 21.0. The Labute approximate surface area is 172 Å². The van der Waals surface area contributed by atoms with Crippen LogP contribution in [-0.4, -0.2) is 66.8 Å². The average molecular weight is 415 g/mol. The van der Waals surface area contributed by atoms with Gasteiger partial charge >= 0.3 is 5.92 Å². The Hall–Kier alpha value is -3.04. The van der Waals surface area contributed by atoms with Crippen molar-refractivity contribution in [2.24, 2.45) is 13.0 Å². The molecule has 0 aliphatic carbocycles. The van der Waals surface area contributed by atoms with Gasteiger partial charge in [-0.05, 0) is 24.8 Å². The van der Waals surface area contributed by atoms with Crippen molar-refractivity contribution in [3.63, 3.8) is 0 Å². The molecule has 1 amide bonds. The largest absolute Gasteiger partial charge is 0.352 e. The summed E-state index contributed by atoms with van der Waals surface area (Å²) >= 11 is 0. The van der Waals surface area contributed by atoms with Crippen molar-refractivity contribution in [3.05, 3.63) is 31.0 Å². The minimum absolute atomic E-state index is 0.137. The highest BCUT2D eigenvalue weighted by Crippen LogP contribution is 2.34. The maximum Gasteiger partial charge on any atom is 0.322 e. The van der Waals surface area contributed by atoms with Crippen LogP contribution in [0.4, 0.5) is 14.6 Å². The molecule has 3 fully saturated rings. The van der Waals surface area contributed by atoms with Gasteiger partial charge in [0, 0.05) is 63.2 Å². The van der Waals surface area contributed by atoms with Gasteiger partial charge in [0.2, 0.25) is 0 Å². The second-order valence-corrected chi connectivity index (χ2v) is 8.39. The van der Waals surface area contributed by atoms with Gasteiger partial charge in [-0.3, -0.25) is 9.48 Å². The van der Waals surface area contributed by atoms with Crippen molar-refractivity contribution in [3.8, 4) is 11.1 Å². The van der Waals surface area contributed by atoms with Crippen molar-refractivity contribution in [2.75, 3.05) is 24.5 Å². The molecule has 30 heavy (non-hydrogen) atoms. The Bertz CT molecular complexity index is 1100. The lowest BCUT2D eigenvalue weighted by Gasteiger charge is -2.37. The number of alkyl halides is 2. The maximum absolute atomic E-state index is 13.7. The van der Waals surface area contributed by atoms with Crippen LogP contribution in [0.15, 0.2) is 31.0 Å². The lowest BCUT2D eigenvalue weighted by Crippen LogP contribution is -2.52. The number of carbonyl (C=O) groups is 1.